The number of carbonyl (C=O) groups is 1. The number of nitriles is 2. The summed E-state index contributed by atoms with van der Waals surface area (Å²) in [5.41, 5.74) is 7.11. The first-order valence-electron chi connectivity index (χ1n) is 6.03. The van der Waals surface area contributed by atoms with Gasteiger partial charge in [-0.05, 0) is 17.7 Å². The molecule has 0 atom stereocenters. The summed E-state index contributed by atoms with van der Waals surface area (Å²) in [6.07, 6.45) is 0.814. The van der Waals surface area contributed by atoms with Gasteiger partial charge in [-0.2, -0.15) is 10.5 Å². The van der Waals surface area contributed by atoms with E-state index in [1.165, 1.54) is 0 Å². The van der Waals surface area contributed by atoms with Crippen LogP contribution in [0.3, 0.4) is 0 Å². The fraction of sp³-hybridized carbons (Fsp3) is 0.357. The molecule has 0 spiro atoms. The summed E-state index contributed by atoms with van der Waals surface area (Å²) in [4.78, 5) is 13.6. The van der Waals surface area contributed by atoms with Gasteiger partial charge in [0, 0.05) is 18.8 Å². The average Bonchev–Trinajstić information content (AvgIpc) is 2.41. The average molecular weight is 256 g/mol. The lowest BCUT2D eigenvalue weighted by molar-refractivity contribution is -0.130. The lowest BCUT2D eigenvalue weighted by Gasteiger charge is -2.20. The Bertz CT molecular complexity index is 478. The molecule has 1 aromatic rings. The maximum Gasteiger partial charge on any atom is 0.227 e. The Morgan fingerprint density at radius 3 is 2.11 bits per heavy atom. The Hall–Kier alpha value is -2.53. The van der Waals surface area contributed by atoms with Crippen LogP contribution >= 0.6 is 0 Å². The van der Waals surface area contributed by atoms with Crippen molar-refractivity contribution in [2.45, 2.75) is 19.3 Å². The van der Waals surface area contributed by atoms with Crippen molar-refractivity contribution in [1.29, 1.82) is 10.5 Å². The smallest absolute Gasteiger partial charge is 0.227 e. The second kappa shape index (κ2) is 7.73. The van der Waals surface area contributed by atoms with Crippen molar-refractivity contribution >= 4 is 11.6 Å². The minimum Gasteiger partial charge on any atom is -0.399 e. The lowest BCUT2D eigenvalue weighted by atomic mass is 10.1. The van der Waals surface area contributed by atoms with Gasteiger partial charge in [-0.3, -0.25) is 4.79 Å². The number of nitrogens with two attached hydrogens (primary N) is 1. The standard InChI is InChI=1S/C14H16N4O/c15-7-1-9-18(10-2-8-16)14(19)11-12-3-5-13(17)6-4-12/h3-6H,1-2,9-11,17H2. The topological polar surface area (TPSA) is 93.9 Å². The van der Waals surface area contributed by atoms with Crippen LogP contribution in [0.25, 0.3) is 0 Å². The molecule has 98 valence electrons. The molecule has 0 radical (unpaired) electrons. The molecule has 1 aromatic carbocycles. The van der Waals surface area contributed by atoms with Crippen molar-refractivity contribution in [3.8, 4) is 12.1 Å². The van der Waals surface area contributed by atoms with E-state index in [2.05, 4.69) is 0 Å². The molecule has 1 rings (SSSR count). The zero-order chi connectivity index (χ0) is 14.1. The van der Waals surface area contributed by atoms with Crippen molar-refractivity contribution in [2.75, 3.05) is 18.8 Å². The zero-order valence-corrected chi connectivity index (χ0v) is 10.7. The molecule has 0 aliphatic rings. The monoisotopic (exact) mass is 256 g/mol. The number of benzene rings is 1. The largest absolute Gasteiger partial charge is 0.399 e. The Morgan fingerprint density at radius 2 is 1.63 bits per heavy atom. The van der Waals surface area contributed by atoms with E-state index in [-0.39, 0.29) is 25.2 Å². The van der Waals surface area contributed by atoms with Gasteiger partial charge in [0.15, 0.2) is 0 Å². The summed E-state index contributed by atoms with van der Waals surface area (Å²) >= 11 is 0. The Balaban J connectivity index is 2.62. The first-order valence-corrected chi connectivity index (χ1v) is 6.03. The summed E-state index contributed by atoms with van der Waals surface area (Å²) in [6.45, 7) is 0.734. The minimum absolute atomic E-state index is 0.0738. The molecular weight excluding hydrogens is 240 g/mol. The predicted octanol–water partition coefficient (Wildman–Crippen LogP) is 1.47. The van der Waals surface area contributed by atoms with Gasteiger partial charge in [-0.15, -0.1) is 0 Å². The molecule has 5 heteroatoms. The highest BCUT2D eigenvalue weighted by atomic mass is 16.2. The number of anilines is 1. The number of nitrogen functional groups attached to an aromatic ring is 1. The molecule has 1 amide bonds. The second-order valence-electron chi connectivity index (χ2n) is 4.12. The molecule has 5 nitrogen and oxygen atoms in total. The third-order valence-electron chi connectivity index (χ3n) is 2.67. The molecule has 19 heavy (non-hydrogen) atoms. The molecule has 0 heterocycles. The van der Waals surface area contributed by atoms with Crippen molar-refractivity contribution in [1.82, 2.24) is 4.90 Å². The predicted molar refractivity (Wildman–Crippen MR) is 71.6 cm³/mol. The van der Waals surface area contributed by atoms with Crippen molar-refractivity contribution in [3.63, 3.8) is 0 Å². The molecule has 0 aromatic heterocycles. The van der Waals surface area contributed by atoms with Crippen LogP contribution in [-0.2, 0) is 11.2 Å². The first kappa shape index (κ1) is 14.5. The summed E-state index contributed by atoms with van der Waals surface area (Å²) in [7, 11) is 0. The number of hydrogen-bond acceptors (Lipinski definition) is 4. The highest BCUT2D eigenvalue weighted by Gasteiger charge is 2.13. The van der Waals surface area contributed by atoms with E-state index in [0.717, 1.165) is 5.56 Å². The fourth-order valence-electron chi connectivity index (χ4n) is 1.65. The van der Waals surface area contributed by atoms with E-state index in [4.69, 9.17) is 16.3 Å². The lowest BCUT2D eigenvalue weighted by Crippen LogP contribution is -2.33. The Morgan fingerprint density at radius 1 is 1.11 bits per heavy atom. The van der Waals surface area contributed by atoms with Gasteiger partial charge in [-0.1, -0.05) is 12.1 Å². The van der Waals surface area contributed by atoms with Gasteiger partial charge < -0.3 is 10.6 Å². The van der Waals surface area contributed by atoms with Crippen molar-refractivity contribution in [2.24, 2.45) is 0 Å². The van der Waals surface area contributed by atoms with E-state index in [0.29, 0.717) is 18.8 Å². The Kier molecular flexibility index (Phi) is 5.91. The van der Waals surface area contributed by atoms with E-state index < -0.39 is 0 Å². The molecule has 0 bridgehead atoms. The molecular formula is C14H16N4O. The first-order chi connectivity index (χ1) is 9.17. The fourth-order valence-corrected chi connectivity index (χ4v) is 1.65. The van der Waals surface area contributed by atoms with Crippen LogP contribution in [0.2, 0.25) is 0 Å². The van der Waals surface area contributed by atoms with Crippen LogP contribution in [-0.4, -0.2) is 23.9 Å². The quantitative estimate of drug-likeness (QED) is 0.780. The van der Waals surface area contributed by atoms with Crippen molar-refractivity contribution < 1.29 is 4.79 Å². The Labute approximate surface area is 112 Å². The molecule has 0 aliphatic heterocycles. The third-order valence-corrected chi connectivity index (χ3v) is 2.67. The van der Waals surface area contributed by atoms with Crippen LogP contribution in [0.1, 0.15) is 18.4 Å². The summed E-state index contributed by atoms with van der Waals surface area (Å²) in [5, 5.41) is 17.2. The van der Waals surface area contributed by atoms with E-state index >= 15 is 0 Å². The number of nitrogens with zero attached hydrogens (tertiary/aromatic N) is 3. The molecule has 2 N–H and O–H groups in total. The number of rotatable bonds is 6. The van der Waals surface area contributed by atoms with Crippen LogP contribution in [0, 0.1) is 22.7 Å². The second-order valence-corrected chi connectivity index (χ2v) is 4.12. The highest BCUT2D eigenvalue weighted by Crippen LogP contribution is 2.08. The van der Waals surface area contributed by atoms with Gasteiger partial charge in [0.1, 0.15) is 0 Å². The van der Waals surface area contributed by atoms with Gasteiger partial charge in [-0.25, -0.2) is 0 Å². The molecule has 0 saturated carbocycles. The van der Waals surface area contributed by atoms with Gasteiger partial charge in [0.25, 0.3) is 0 Å². The van der Waals surface area contributed by atoms with E-state index in [9.17, 15) is 4.79 Å². The maximum atomic E-state index is 12.1. The van der Waals surface area contributed by atoms with Gasteiger partial charge in [0.05, 0.1) is 31.4 Å². The van der Waals surface area contributed by atoms with E-state index in [1.807, 2.05) is 12.1 Å². The van der Waals surface area contributed by atoms with Crippen LogP contribution < -0.4 is 5.73 Å². The molecule has 0 aliphatic carbocycles. The number of carbonyl (C=O) groups excluding carboxylic acids is 1. The normalized spacial score (nSPS) is 9.37. The van der Waals surface area contributed by atoms with Crippen LogP contribution in [0.5, 0.6) is 0 Å². The summed E-state index contributed by atoms with van der Waals surface area (Å²) in [6, 6.07) is 11.1. The summed E-state index contributed by atoms with van der Waals surface area (Å²) in [5.74, 6) is -0.0738. The zero-order valence-electron chi connectivity index (χ0n) is 10.7. The minimum atomic E-state index is -0.0738. The van der Waals surface area contributed by atoms with Gasteiger partial charge >= 0.3 is 0 Å². The number of hydrogen-bond donors (Lipinski definition) is 1. The van der Waals surface area contributed by atoms with Gasteiger partial charge in [0.2, 0.25) is 5.91 Å². The highest BCUT2D eigenvalue weighted by molar-refractivity contribution is 5.78. The maximum absolute atomic E-state index is 12.1. The summed E-state index contributed by atoms with van der Waals surface area (Å²) < 4.78 is 0. The SMILES string of the molecule is N#CCCN(CCC#N)C(=O)Cc1ccc(N)cc1. The van der Waals surface area contributed by atoms with Crippen LogP contribution in [0.15, 0.2) is 24.3 Å². The molecule has 0 saturated heterocycles. The van der Waals surface area contributed by atoms with E-state index in [1.54, 1.807) is 29.2 Å². The third kappa shape index (κ3) is 5.10. The molecule has 0 fully saturated rings. The van der Waals surface area contributed by atoms with Crippen LogP contribution in [0.4, 0.5) is 5.69 Å². The molecule has 0 unspecified atom stereocenters. The van der Waals surface area contributed by atoms with Crippen molar-refractivity contribution in [3.05, 3.63) is 29.8 Å². The number of amides is 1.